The van der Waals surface area contributed by atoms with E-state index in [0.717, 1.165) is 37.6 Å². The van der Waals surface area contributed by atoms with Crippen LogP contribution in [0.3, 0.4) is 0 Å². The minimum atomic E-state index is 0.0197. The smallest absolute Gasteiger partial charge is 0.255 e. The number of fused-ring (bicyclic) bond motifs is 1. The molecule has 0 radical (unpaired) electrons. The molecule has 2 amide bonds. The van der Waals surface area contributed by atoms with Crippen molar-refractivity contribution in [3.8, 4) is 0 Å². The summed E-state index contributed by atoms with van der Waals surface area (Å²) in [6.07, 6.45) is 1.72. The van der Waals surface area contributed by atoms with Crippen molar-refractivity contribution < 1.29 is 14.3 Å². The SMILES string of the molecule is CC(C)(C)c1ccc(C(=O)N2CC3C(CN(Cc4cccs4)C(=O)c4ccc(N5CCOCC5)nc4)C3C2)cc1. The van der Waals surface area contributed by atoms with Gasteiger partial charge in [0.15, 0.2) is 0 Å². The summed E-state index contributed by atoms with van der Waals surface area (Å²) in [7, 11) is 0. The Kier molecular flexibility index (Phi) is 7.40. The number of rotatable bonds is 7. The summed E-state index contributed by atoms with van der Waals surface area (Å²) in [5.41, 5.74) is 2.68. The van der Waals surface area contributed by atoms with Crippen molar-refractivity contribution in [1.29, 1.82) is 0 Å². The van der Waals surface area contributed by atoms with Crippen LogP contribution in [-0.4, -0.2) is 72.5 Å². The maximum Gasteiger partial charge on any atom is 0.255 e. The number of thiophene rings is 1. The number of pyridine rings is 1. The van der Waals surface area contributed by atoms with Crippen LogP contribution in [0.4, 0.5) is 5.82 Å². The van der Waals surface area contributed by atoms with E-state index in [4.69, 9.17) is 4.74 Å². The summed E-state index contributed by atoms with van der Waals surface area (Å²) >= 11 is 1.68. The number of carbonyl (C=O) groups excluding carboxylic acids is 2. The average Bonchev–Trinajstić information content (AvgIpc) is 3.34. The third kappa shape index (κ3) is 5.65. The number of carbonyl (C=O) groups is 2. The fourth-order valence-corrected chi connectivity index (χ4v) is 6.84. The van der Waals surface area contributed by atoms with Gasteiger partial charge in [-0.2, -0.15) is 0 Å². The molecule has 2 atom stereocenters. The van der Waals surface area contributed by atoms with Gasteiger partial charge in [-0.15, -0.1) is 11.3 Å². The van der Waals surface area contributed by atoms with Crippen molar-refractivity contribution in [3.63, 3.8) is 0 Å². The summed E-state index contributed by atoms with van der Waals surface area (Å²) in [5, 5.41) is 2.06. The first-order chi connectivity index (χ1) is 19.3. The van der Waals surface area contributed by atoms with Crippen LogP contribution in [0.5, 0.6) is 0 Å². The molecule has 3 aromatic rings. The average molecular weight is 559 g/mol. The van der Waals surface area contributed by atoms with Crippen molar-refractivity contribution >= 4 is 29.0 Å². The molecule has 7 nitrogen and oxygen atoms in total. The van der Waals surface area contributed by atoms with Crippen LogP contribution < -0.4 is 4.90 Å². The Balaban J connectivity index is 1.09. The van der Waals surface area contributed by atoms with Gasteiger partial charge in [-0.25, -0.2) is 4.98 Å². The van der Waals surface area contributed by atoms with Gasteiger partial charge in [0, 0.05) is 49.4 Å². The van der Waals surface area contributed by atoms with Gasteiger partial charge in [0.25, 0.3) is 11.8 Å². The second kappa shape index (κ2) is 11.0. The monoisotopic (exact) mass is 558 g/mol. The molecule has 1 aliphatic carbocycles. The third-order valence-corrected chi connectivity index (χ3v) is 9.49. The van der Waals surface area contributed by atoms with E-state index in [1.54, 1.807) is 17.5 Å². The zero-order valence-corrected chi connectivity index (χ0v) is 24.4. The number of hydrogen-bond donors (Lipinski definition) is 0. The topological polar surface area (TPSA) is 66.0 Å². The first kappa shape index (κ1) is 27.0. The standard InChI is InChI=1S/C32H38N4O3S/c1-32(2,3)24-9-6-22(7-10-24)30(37)36-20-27-26(28(27)21-36)19-35(18-25-5-4-16-40-25)31(38)23-8-11-29(33-17-23)34-12-14-39-15-13-34/h4-11,16-17,26-28H,12-15,18-21H2,1-3H3. The Morgan fingerprint density at radius 2 is 1.70 bits per heavy atom. The van der Waals surface area contributed by atoms with Gasteiger partial charge in [-0.05, 0) is 64.4 Å². The van der Waals surface area contributed by atoms with Crippen LogP contribution in [0.15, 0.2) is 60.1 Å². The lowest BCUT2D eigenvalue weighted by molar-refractivity contribution is 0.0699. The predicted molar refractivity (Wildman–Crippen MR) is 158 cm³/mol. The van der Waals surface area contributed by atoms with Crippen LogP contribution in [0.2, 0.25) is 0 Å². The number of benzene rings is 1. The number of aromatic nitrogens is 1. The maximum atomic E-state index is 13.7. The van der Waals surface area contributed by atoms with Gasteiger partial charge in [0.2, 0.25) is 0 Å². The third-order valence-electron chi connectivity index (χ3n) is 8.63. The van der Waals surface area contributed by atoms with E-state index in [0.29, 0.717) is 49.6 Å². The quantitative estimate of drug-likeness (QED) is 0.411. The molecule has 0 N–H and O–H groups in total. The van der Waals surface area contributed by atoms with E-state index in [2.05, 4.69) is 54.2 Å². The number of hydrogen-bond acceptors (Lipinski definition) is 6. The minimum Gasteiger partial charge on any atom is -0.378 e. The minimum absolute atomic E-state index is 0.0197. The first-order valence-electron chi connectivity index (χ1n) is 14.3. The Hall–Kier alpha value is -3.23. The van der Waals surface area contributed by atoms with Crippen LogP contribution in [0.25, 0.3) is 0 Å². The highest BCUT2D eigenvalue weighted by Crippen LogP contribution is 2.52. The number of likely N-dealkylation sites (tertiary alicyclic amines) is 1. The van der Waals surface area contributed by atoms with Gasteiger partial charge in [0.1, 0.15) is 5.82 Å². The van der Waals surface area contributed by atoms with E-state index >= 15 is 0 Å². The highest BCUT2D eigenvalue weighted by Gasteiger charge is 2.57. The molecule has 1 saturated carbocycles. The zero-order chi connectivity index (χ0) is 27.9. The second-order valence-electron chi connectivity index (χ2n) is 12.3. The highest BCUT2D eigenvalue weighted by molar-refractivity contribution is 7.09. The molecule has 8 heteroatoms. The van der Waals surface area contributed by atoms with Gasteiger partial charge in [0.05, 0.1) is 25.3 Å². The summed E-state index contributed by atoms with van der Waals surface area (Å²) in [6.45, 7) is 12.4. The van der Waals surface area contributed by atoms with E-state index in [9.17, 15) is 9.59 Å². The summed E-state index contributed by atoms with van der Waals surface area (Å²) in [5.74, 6) is 2.36. The van der Waals surface area contributed by atoms with Gasteiger partial charge in [-0.3, -0.25) is 9.59 Å². The highest BCUT2D eigenvalue weighted by atomic mass is 32.1. The van der Waals surface area contributed by atoms with E-state index in [1.807, 2.05) is 40.1 Å². The molecule has 2 aromatic heterocycles. The Morgan fingerprint density at radius 3 is 2.30 bits per heavy atom. The number of morpholine rings is 1. The largest absolute Gasteiger partial charge is 0.378 e. The van der Waals surface area contributed by atoms with E-state index in [1.165, 1.54) is 10.4 Å². The summed E-state index contributed by atoms with van der Waals surface area (Å²) in [6, 6.07) is 16.0. The van der Waals surface area contributed by atoms with Crippen molar-refractivity contribution in [3.05, 3.63) is 81.7 Å². The molecule has 40 heavy (non-hydrogen) atoms. The normalized spacial score (nSPS) is 22.2. The Labute approximate surface area is 240 Å². The molecular formula is C32H38N4O3S. The lowest BCUT2D eigenvalue weighted by Crippen LogP contribution is -2.37. The van der Waals surface area contributed by atoms with E-state index in [-0.39, 0.29) is 17.2 Å². The molecule has 1 aromatic carbocycles. The Morgan fingerprint density at radius 1 is 1.00 bits per heavy atom. The molecule has 4 heterocycles. The lowest BCUT2D eigenvalue weighted by Gasteiger charge is -2.28. The van der Waals surface area contributed by atoms with E-state index < -0.39 is 0 Å². The second-order valence-corrected chi connectivity index (χ2v) is 13.3. The number of nitrogens with zero attached hydrogens (tertiary/aromatic N) is 4. The lowest BCUT2D eigenvalue weighted by atomic mass is 9.86. The van der Waals surface area contributed by atoms with Crippen molar-refractivity contribution in [2.24, 2.45) is 17.8 Å². The van der Waals surface area contributed by atoms with Gasteiger partial charge < -0.3 is 19.4 Å². The molecule has 3 fully saturated rings. The number of amides is 2. The maximum absolute atomic E-state index is 13.7. The fourth-order valence-electron chi connectivity index (χ4n) is 6.12. The number of anilines is 1. The molecule has 2 unspecified atom stereocenters. The summed E-state index contributed by atoms with van der Waals surface area (Å²) < 4.78 is 5.45. The molecule has 0 spiro atoms. The fraction of sp³-hybridized carbons (Fsp3) is 0.469. The molecule has 3 aliphatic rings. The molecule has 6 rings (SSSR count). The first-order valence-corrected chi connectivity index (χ1v) is 15.2. The number of ether oxygens (including phenoxy) is 1. The molecule has 0 bridgehead atoms. The summed E-state index contributed by atoms with van der Waals surface area (Å²) in [4.78, 5) is 38.8. The van der Waals surface area contributed by atoms with Crippen molar-refractivity contribution in [2.75, 3.05) is 50.8 Å². The van der Waals surface area contributed by atoms with Crippen molar-refractivity contribution in [1.82, 2.24) is 14.8 Å². The predicted octanol–water partition coefficient (Wildman–Crippen LogP) is 4.94. The van der Waals surface area contributed by atoms with Crippen LogP contribution in [-0.2, 0) is 16.7 Å². The van der Waals surface area contributed by atoms with Gasteiger partial charge in [-0.1, -0.05) is 39.0 Å². The molecule has 2 aliphatic heterocycles. The van der Waals surface area contributed by atoms with Gasteiger partial charge >= 0.3 is 0 Å². The zero-order valence-electron chi connectivity index (χ0n) is 23.6. The molecule has 210 valence electrons. The van der Waals surface area contributed by atoms with Crippen molar-refractivity contribution in [2.45, 2.75) is 32.7 Å². The Bertz CT molecular complexity index is 1320. The molecular weight excluding hydrogens is 520 g/mol. The number of piperidine rings is 1. The van der Waals surface area contributed by atoms with Crippen LogP contribution in [0, 0.1) is 17.8 Å². The molecule has 2 saturated heterocycles. The van der Waals surface area contributed by atoms with Crippen LogP contribution in [0.1, 0.15) is 51.9 Å². The van der Waals surface area contributed by atoms with Crippen LogP contribution >= 0.6 is 11.3 Å².